The summed E-state index contributed by atoms with van der Waals surface area (Å²) in [5.74, 6) is -1.25. The van der Waals surface area contributed by atoms with Gasteiger partial charge >= 0.3 is 5.97 Å². The molecule has 1 atom stereocenters. The van der Waals surface area contributed by atoms with Gasteiger partial charge in [0, 0.05) is 12.2 Å². The van der Waals surface area contributed by atoms with E-state index in [1.165, 1.54) is 6.92 Å². The standard InChI is InChI=1S/C7H7FN2O3/c1-4(8)7-9-5(13-10-7)2-3-6(11)12/h2-4H,1H3,(H,11,12)/b3-2+/t4-/m0/s1. The van der Waals surface area contributed by atoms with Gasteiger partial charge < -0.3 is 9.63 Å². The first-order valence-electron chi connectivity index (χ1n) is 3.48. The summed E-state index contributed by atoms with van der Waals surface area (Å²) in [6, 6.07) is 0. The van der Waals surface area contributed by atoms with Gasteiger partial charge in [0.05, 0.1) is 0 Å². The summed E-state index contributed by atoms with van der Waals surface area (Å²) < 4.78 is 17.0. The van der Waals surface area contributed by atoms with Gasteiger partial charge in [-0.1, -0.05) is 5.16 Å². The topological polar surface area (TPSA) is 76.2 Å². The van der Waals surface area contributed by atoms with Crippen LogP contribution in [0.3, 0.4) is 0 Å². The molecule has 0 amide bonds. The number of hydrogen-bond donors (Lipinski definition) is 1. The van der Waals surface area contributed by atoms with Crippen LogP contribution in [0.5, 0.6) is 0 Å². The molecule has 1 rings (SSSR count). The zero-order valence-corrected chi connectivity index (χ0v) is 6.77. The molecule has 0 unspecified atom stereocenters. The Bertz CT molecular complexity index is 332. The first-order chi connectivity index (χ1) is 6.09. The van der Waals surface area contributed by atoms with Gasteiger partial charge in [-0.15, -0.1) is 0 Å². The van der Waals surface area contributed by atoms with Crippen molar-refractivity contribution in [1.82, 2.24) is 10.1 Å². The molecule has 0 aliphatic heterocycles. The molecule has 1 aromatic heterocycles. The van der Waals surface area contributed by atoms with Gasteiger partial charge in [-0.2, -0.15) is 4.98 Å². The van der Waals surface area contributed by atoms with Crippen LogP contribution in [-0.2, 0) is 4.79 Å². The molecule has 1 heterocycles. The van der Waals surface area contributed by atoms with Crippen molar-refractivity contribution in [3.63, 3.8) is 0 Å². The van der Waals surface area contributed by atoms with E-state index in [1.807, 2.05) is 0 Å². The summed E-state index contributed by atoms with van der Waals surface area (Å²) in [6.45, 7) is 1.26. The van der Waals surface area contributed by atoms with Gasteiger partial charge in [-0.3, -0.25) is 0 Å². The molecule has 5 nitrogen and oxygen atoms in total. The lowest BCUT2D eigenvalue weighted by Gasteiger charge is -1.87. The zero-order chi connectivity index (χ0) is 9.84. The maximum atomic E-state index is 12.5. The monoisotopic (exact) mass is 186 g/mol. The number of rotatable bonds is 3. The lowest BCUT2D eigenvalue weighted by molar-refractivity contribution is -0.131. The number of carboxylic acid groups (broad SMARTS) is 1. The highest BCUT2D eigenvalue weighted by molar-refractivity contribution is 5.84. The van der Waals surface area contributed by atoms with Crippen molar-refractivity contribution >= 4 is 12.0 Å². The highest BCUT2D eigenvalue weighted by Crippen LogP contribution is 2.12. The third kappa shape index (κ3) is 2.66. The Labute approximate surface area is 72.9 Å². The number of halogens is 1. The van der Waals surface area contributed by atoms with Crippen molar-refractivity contribution in [3.05, 3.63) is 17.8 Å². The van der Waals surface area contributed by atoms with E-state index in [9.17, 15) is 9.18 Å². The summed E-state index contributed by atoms with van der Waals surface area (Å²) >= 11 is 0. The third-order valence-corrected chi connectivity index (χ3v) is 1.18. The molecular formula is C7H7FN2O3. The summed E-state index contributed by atoms with van der Waals surface area (Å²) in [4.78, 5) is 13.6. The summed E-state index contributed by atoms with van der Waals surface area (Å²) in [5.41, 5.74) is 0. The van der Waals surface area contributed by atoms with E-state index >= 15 is 0 Å². The minimum atomic E-state index is -1.32. The molecule has 70 valence electrons. The fraction of sp³-hybridized carbons (Fsp3) is 0.286. The smallest absolute Gasteiger partial charge is 0.328 e. The summed E-state index contributed by atoms with van der Waals surface area (Å²) in [5, 5.41) is 11.5. The predicted octanol–water partition coefficient (Wildman–Crippen LogP) is 1.20. The van der Waals surface area contributed by atoms with E-state index in [1.54, 1.807) is 0 Å². The second kappa shape index (κ2) is 3.79. The molecule has 0 fully saturated rings. The Morgan fingerprint density at radius 3 is 2.92 bits per heavy atom. The van der Waals surface area contributed by atoms with Crippen molar-refractivity contribution in [2.75, 3.05) is 0 Å². The van der Waals surface area contributed by atoms with Crippen molar-refractivity contribution < 1.29 is 18.8 Å². The third-order valence-electron chi connectivity index (χ3n) is 1.18. The van der Waals surface area contributed by atoms with Gasteiger partial charge in [-0.25, -0.2) is 9.18 Å². The fourth-order valence-corrected chi connectivity index (χ4v) is 0.619. The molecule has 0 aliphatic rings. The maximum absolute atomic E-state index is 12.5. The molecule has 0 aliphatic carbocycles. The molecular weight excluding hydrogens is 179 g/mol. The van der Waals surface area contributed by atoms with E-state index in [-0.39, 0.29) is 11.7 Å². The van der Waals surface area contributed by atoms with Crippen molar-refractivity contribution in [3.8, 4) is 0 Å². The Morgan fingerprint density at radius 1 is 1.77 bits per heavy atom. The number of carboxylic acids is 1. The average molecular weight is 186 g/mol. The second-order valence-corrected chi connectivity index (χ2v) is 2.28. The van der Waals surface area contributed by atoms with E-state index < -0.39 is 12.1 Å². The number of alkyl halides is 1. The Hall–Kier alpha value is -1.72. The van der Waals surface area contributed by atoms with Gasteiger partial charge in [0.1, 0.15) is 0 Å². The quantitative estimate of drug-likeness (QED) is 0.717. The molecule has 1 N–H and O–H groups in total. The molecule has 6 heteroatoms. The van der Waals surface area contributed by atoms with Crippen LogP contribution in [-0.4, -0.2) is 21.2 Å². The van der Waals surface area contributed by atoms with Crippen LogP contribution in [0.1, 0.15) is 24.8 Å². The highest BCUT2D eigenvalue weighted by atomic mass is 19.1. The van der Waals surface area contributed by atoms with Crippen LogP contribution in [0.15, 0.2) is 10.6 Å². The second-order valence-electron chi connectivity index (χ2n) is 2.28. The fourth-order valence-electron chi connectivity index (χ4n) is 0.619. The SMILES string of the molecule is C[C@H](F)c1noc(/C=C/C(=O)O)n1. The lowest BCUT2D eigenvalue weighted by Crippen LogP contribution is -1.88. The largest absolute Gasteiger partial charge is 0.478 e. The van der Waals surface area contributed by atoms with Gasteiger partial charge in [-0.05, 0) is 6.92 Å². The van der Waals surface area contributed by atoms with Crippen LogP contribution >= 0.6 is 0 Å². The summed E-state index contributed by atoms with van der Waals surface area (Å²) in [7, 11) is 0. The van der Waals surface area contributed by atoms with E-state index in [0.29, 0.717) is 0 Å². The van der Waals surface area contributed by atoms with Crippen LogP contribution in [0.2, 0.25) is 0 Å². The van der Waals surface area contributed by atoms with E-state index in [2.05, 4.69) is 14.7 Å². The molecule has 0 aromatic carbocycles. The average Bonchev–Trinajstić information content (AvgIpc) is 2.48. The number of aromatic nitrogens is 2. The molecule has 0 radical (unpaired) electrons. The first kappa shape index (κ1) is 9.37. The first-order valence-corrected chi connectivity index (χ1v) is 3.48. The predicted molar refractivity (Wildman–Crippen MR) is 40.5 cm³/mol. The van der Waals surface area contributed by atoms with Crippen LogP contribution in [0.4, 0.5) is 4.39 Å². The molecule has 0 bridgehead atoms. The minimum absolute atomic E-state index is 0.0260. The van der Waals surface area contributed by atoms with Crippen LogP contribution < -0.4 is 0 Å². The number of hydrogen-bond acceptors (Lipinski definition) is 4. The van der Waals surface area contributed by atoms with Gasteiger partial charge in [0.15, 0.2) is 6.17 Å². The van der Waals surface area contributed by atoms with Crippen LogP contribution in [0.25, 0.3) is 6.08 Å². The number of aliphatic carboxylic acids is 1. The molecule has 13 heavy (non-hydrogen) atoms. The van der Waals surface area contributed by atoms with Crippen LogP contribution in [0, 0.1) is 0 Å². The molecule has 0 saturated heterocycles. The summed E-state index contributed by atoms with van der Waals surface area (Å²) in [6.07, 6.45) is 0.609. The molecule has 1 aromatic rings. The van der Waals surface area contributed by atoms with Gasteiger partial charge in [0.2, 0.25) is 5.82 Å². The number of carbonyl (C=O) groups is 1. The Morgan fingerprint density at radius 2 is 2.46 bits per heavy atom. The normalized spacial score (nSPS) is 13.4. The maximum Gasteiger partial charge on any atom is 0.328 e. The zero-order valence-electron chi connectivity index (χ0n) is 6.77. The minimum Gasteiger partial charge on any atom is -0.478 e. The van der Waals surface area contributed by atoms with Crippen molar-refractivity contribution in [1.29, 1.82) is 0 Å². The van der Waals surface area contributed by atoms with Crippen molar-refractivity contribution in [2.24, 2.45) is 0 Å². The molecule has 0 saturated carbocycles. The van der Waals surface area contributed by atoms with Gasteiger partial charge in [0.25, 0.3) is 5.89 Å². The number of nitrogens with zero attached hydrogens (tertiary/aromatic N) is 2. The highest BCUT2D eigenvalue weighted by Gasteiger charge is 2.10. The van der Waals surface area contributed by atoms with Crippen molar-refractivity contribution in [2.45, 2.75) is 13.1 Å². The lowest BCUT2D eigenvalue weighted by atomic mass is 10.4. The Balaban J connectivity index is 2.75. The van der Waals surface area contributed by atoms with E-state index in [4.69, 9.17) is 5.11 Å². The Kier molecular flexibility index (Phi) is 2.73. The van der Waals surface area contributed by atoms with E-state index in [0.717, 1.165) is 12.2 Å². The molecule has 0 spiro atoms.